The third-order valence-corrected chi connectivity index (χ3v) is 21.6. The molecule has 0 radical (unpaired) electrons. The van der Waals surface area contributed by atoms with Crippen LogP contribution in [-0.2, 0) is 56.1 Å². The maximum Gasteiger partial charge on any atom is 0.285 e. The van der Waals surface area contributed by atoms with E-state index in [1.165, 1.54) is 92.8 Å². The lowest BCUT2D eigenvalue weighted by Crippen LogP contribution is -2.21. The second-order valence-corrected chi connectivity index (χ2v) is 31.6. The lowest BCUT2D eigenvalue weighted by Gasteiger charge is -2.05. The van der Waals surface area contributed by atoms with Crippen molar-refractivity contribution in [2.45, 2.75) is 32.1 Å². The number of rotatable bonds is 13. The Morgan fingerprint density at radius 2 is 0.848 bits per heavy atom. The quantitative estimate of drug-likeness (QED) is 0.0241. The molecule has 0 saturated carbocycles. The largest absolute Gasteiger partial charge is 0.493 e. The Labute approximate surface area is 663 Å². The van der Waals surface area contributed by atoms with Crippen LogP contribution in [0.25, 0.3) is 24.3 Å². The number of hydrogen-bond acceptors (Lipinski definition) is 25. The molecule has 15 rings (SSSR count). The van der Waals surface area contributed by atoms with Gasteiger partial charge in [-0.25, -0.2) is 0 Å². The summed E-state index contributed by atoms with van der Waals surface area (Å²) in [4.78, 5) is 91.4. The van der Waals surface area contributed by atoms with Crippen molar-refractivity contribution in [2.75, 3.05) is 132 Å². The molecule has 105 heavy (non-hydrogen) atoms. The standard InChI is InChI=1S/2C16H19N3O2S.C13H11NO2S2.C12H9NO2S2.C9H8O2.C4H12N2.C3H3NOS2.CH3I/c2*1-19(2)7-6-17-16-18-15(20)14(22-16)10-11-3-4-13-12(9-11)5-8-21-13;1-17-13-14-12(15)11(18-13)7-8-2-3-10-9(6-8)4-5-16-10;14-11-10(17-12(16)13-11)6-7-1-2-9-8(5-7)3-4-15-9;10-6-7-1-2-9-8(5-7)3-4-11-9;1-6(2)4-3-5;5-2-1-7-3(6)4-2;1-2/h2*3-4,9-10H,5-8H2,1-2H3,(H,17,18,20);2-3,6-7H,4-5H2,1H3;1-2,5-6H,3-4H2,(H,13,14,16);1-2,5-6H,3-4H2;3-5H2,1-2H3;1H2,(H,4,5,6);1H3/b2*14-10-;11-7-;10-6-;;;;. The average Bonchev–Trinajstić information content (AvgIpc) is 1.73. The molecule has 0 aliphatic carbocycles. The zero-order chi connectivity index (χ0) is 75.4. The summed E-state index contributed by atoms with van der Waals surface area (Å²) in [5.41, 5.74) is 16.0. The number of halogens is 1. The summed E-state index contributed by atoms with van der Waals surface area (Å²) in [5.74, 6) is 4.86. The molecule has 0 bridgehead atoms. The van der Waals surface area contributed by atoms with Gasteiger partial charge in [-0.3, -0.25) is 38.8 Å². The number of nitrogens with one attached hydrogen (secondary N) is 4. The fourth-order valence-electron chi connectivity index (χ4n) is 10.3. The summed E-state index contributed by atoms with van der Waals surface area (Å²) >= 11 is 20.1. The predicted octanol–water partition coefficient (Wildman–Crippen LogP) is 10.7. The van der Waals surface area contributed by atoms with Crippen LogP contribution in [0.4, 0.5) is 0 Å². The molecule has 4 fully saturated rings. The second-order valence-electron chi connectivity index (χ2n) is 24.1. The van der Waals surface area contributed by atoms with E-state index < -0.39 is 0 Å². The van der Waals surface area contributed by atoms with E-state index >= 15 is 0 Å². The smallest absolute Gasteiger partial charge is 0.285 e. The Bertz CT molecular complexity index is 4130. The Morgan fingerprint density at radius 3 is 1.13 bits per heavy atom. The molecule has 31 heteroatoms. The number of benzene rings is 5. The van der Waals surface area contributed by atoms with Crippen LogP contribution >= 0.6 is 118 Å². The third-order valence-electron chi connectivity index (χ3n) is 15.4. The van der Waals surface area contributed by atoms with E-state index in [2.05, 4.69) is 110 Å². The molecular weight excluding hydrogens is 1600 g/mol. The van der Waals surface area contributed by atoms with Crippen LogP contribution < -0.4 is 50.7 Å². The fraction of sp³-hybridized carbons (Fsp3) is 0.338. The van der Waals surface area contributed by atoms with Crippen molar-refractivity contribution in [3.63, 3.8) is 0 Å². The summed E-state index contributed by atoms with van der Waals surface area (Å²) in [7, 11) is 12.0. The number of carbonyl (C=O) groups excluding carboxylic acids is 6. The number of nitrogens with two attached hydrogens (primary N) is 1. The Kier molecular flexibility index (Phi) is 34.5. The monoisotopic (exact) mass is 1690 g/mol. The van der Waals surface area contributed by atoms with Gasteiger partial charge in [0.05, 0.1) is 71.5 Å². The first kappa shape index (κ1) is 83.8. The molecule has 0 unspecified atom stereocenters. The van der Waals surface area contributed by atoms with E-state index in [0.29, 0.717) is 57.4 Å². The van der Waals surface area contributed by atoms with Crippen molar-refractivity contribution < 1.29 is 52.5 Å². The maximum absolute atomic E-state index is 12.0. The molecule has 0 aromatic heterocycles. The molecular formula is C74H84IN11O11S8. The van der Waals surface area contributed by atoms with Gasteiger partial charge in [-0.1, -0.05) is 107 Å². The van der Waals surface area contributed by atoms with Crippen LogP contribution in [0, 0.1) is 0 Å². The van der Waals surface area contributed by atoms with E-state index in [4.69, 9.17) is 41.6 Å². The third kappa shape index (κ3) is 27.1. The minimum atomic E-state index is -0.138. The minimum Gasteiger partial charge on any atom is -0.493 e. The zero-order valence-electron chi connectivity index (χ0n) is 59.5. The number of amidine groups is 2. The number of thioether (sulfide) groups is 6. The average molecular weight is 1690 g/mol. The van der Waals surface area contributed by atoms with Gasteiger partial charge >= 0.3 is 0 Å². The summed E-state index contributed by atoms with van der Waals surface area (Å²) < 4.78 is 29.1. The zero-order valence-corrected chi connectivity index (χ0v) is 68.2. The number of likely N-dealkylation sites (N-methyl/N-ethyl adjacent to an activating group) is 3. The topological polar surface area (TPSA) is 270 Å². The van der Waals surface area contributed by atoms with Crippen molar-refractivity contribution in [3.8, 4) is 28.7 Å². The van der Waals surface area contributed by atoms with Gasteiger partial charge in [-0.15, -0.1) is 11.8 Å². The minimum absolute atomic E-state index is 0.0231. The summed E-state index contributed by atoms with van der Waals surface area (Å²) in [6, 6.07) is 29.6. The predicted molar refractivity (Wildman–Crippen MR) is 451 cm³/mol. The molecule has 0 spiro atoms. The number of alkyl halides is 1. The molecule has 22 nitrogen and oxygen atoms in total. The highest BCUT2D eigenvalue weighted by atomic mass is 127. The van der Waals surface area contributed by atoms with E-state index in [9.17, 15) is 28.8 Å². The summed E-state index contributed by atoms with van der Waals surface area (Å²) in [5, 5.41) is 12.1. The van der Waals surface area contributed by atoms with Gasteiger partial charge in [-0.05, 0) is 218 Å². The van der Waals surface area contributed by atoms with Crippen LogP contribution in [0.5, 0.6) is 28.7 Å². The van der Waals surface area contributed by atoms with Gasteiger partial charge in [0.25, 0.3) is 23.6 Å². The van der Waals surface area contributed by atoms with E-state index in [1.54, 1.807) is 6.07 Å². The van der Waals surface area contributed by atoms with Gasteiger partial charge in [0.2, 0.25) is 5.91 Å². The summed E-state index contributed by atoms with van der Waals surface area (Å²) in [6.45, 7) is 8.56. The number of aliphatic imine (C=N–C) groups is 3. The van der Waals surface area contributed by atoms with Gasteiger partial charge in [0.15, 0.2) is 10.3 Å². The number of ether oxygens (including phenoxy) is 5. The number of aldehydes is 1. The maximum atomic E-state index is 12.0. The van der Waals surface area contributed by atoms with Crippen molar-refractivity contribution in [2.24, 2.45) is 20.7 Å². The molecule has 5 aromatic carbocycles. The number of hydrogen-bond donors (Lipinski definition) is 5. The molecule has 5 amide bonds. The molecule has 10 aliphatic rings. The van der Waals surface area contributed by atoms with E-state index in [-0.39, 0.29) is 29.5 Å². The van der Waals surface area contributed by atoms with Crippen molar-refractivity contribution >= 4 is 201 Å². The fourth-order valence-corrected chi connectivity index (χ4v) is 15.2. The molecule has 5 aromatic rings. The van der Waals surface area contributed by atoms with Gasteiger partial charge in [-0.2, -0.15) is 4.99 Å². The van der Waals surface area contributed by atoms with E-state index in [1.807, 2.05) is 138 Å². The SMILES string of the molecule is CI.CN(C)CCN.CN(C)CCN=C1NC(=O)/C(=C/c2ccc3c(c2)CCO3)S1.CN(C)CCN=C1NC(=O)/C(=C/c2ccc3c(c2)CCO3)S1.CSC1=NC(=O)/C(=C/c2ccc3c(c2)CCO3)S1.O=C1CSC(=S)N1.O=C1NC(=S)S/C1=C\c1ccc2c(c1)CCO2.O=Cc1ccc2c(c1)CCO2. The van der Waals surface area contributed by atoms with Gasteiger partial charge in [0, 0.05) is 63.8 Å². The number of carbonyl (C=O) groups is 6. The lowest BCUT2D eigenvalue weighted by atomic mass is 10.1. The van der Waals surface area contributed by atoms with Crippen LogP contribution in [-0.4, -0.2) is 205 Å². The van der Waals surface area contributed by atoms with Crippen LogP contribution in [0.15, 0.2) is 126 Å². The molecule has 556 valence electrons. The first-order valence-corrected chi connectivity index (χ1v) is 41.7. The van der Waals surface area contributed by atoms with Crippen LogP contribution in [0.2, 0.25) is 0 Å². The molecule has 10 aliphatic heterocycles. The number of thiocarbonyl (C=S) groups is 2. The van der Waals surface area contributed by atoms with Crippen molar-refractivity contribution in [1.29, 1.82) is 0 Å². The van der Waals surface area contributed by atoms with E-state index in [0.717, 1.165) is 164 Å². The molecule has 4 saturated heterocycles. The number of nitrogens with zero attached hydrogens (tertiary/aromatic N) is 6. The summed E-state index contributed by atoms with van der Waals surface area (Å²) in [6.07, 6.45) is 15.0. The first-order valence-electron chi connectivity index (χ1n) is 33.2. The number of fused-ring (bicyclic) bond motifs is 5. The normalized spacial score (nSPS) is 18.8. The van der Waals surface area contributed by atoms with Crippen LogP contribution in [0.3, 0.4) is 0 Å². The molecule has 0 atom stereocenters. The molecule has 10 heterocycles. The highest BCUT2D eigenvalue weighted by Crippen LogP contribution is 2.36. The lowest BCUT2D eigenvalue weighted by molar-refractivity contribution is -0.117. The van der Waals surface area contributed by atoms with Crippen molar-refractivity contribution in [1.82, 2.24) is 36.0 Å². The Hall–Kier alpha value is -6.86. The van der Waals surface area contributed by atoms with Gasteiger partial charge in [0.1, 0.15) is 48.1 Å². The number of amides is 5. The Balaban J connectivity index is 0.000000160. The Morgan fingerprint density at radius 1 is 0.495 bits per heavy atom. The first-order chi connectivity index (χ1) is 50.7. The molecule has 6 N–H and O–H groups in total. The highest BCUT2D eigenvalue weighted by Gasteiger charge is 2.27. The van der Waals surface area contributed by atoms with Crippen LogP contribution in [0.1, 0.15) is 60.4 Å². The highest BCUT2D eigenvalue weighted by molar-refractivity contribution is 14.1. The van der Waals surface area contributed by atoms with Gasteiger partial charge < -0.3 is 65.4 Å². The van der Waals surface area contributed by atoms with Crippen molar-refractivity contribution in [3.05, 3.63) is 166 Å². The second kappa shape index (κ2) is 43.2.